The second-order valence-electron chi connectivity index (χ2n) is 4.30. The first-order chi connectivity index (χ1) is 8.61. The van der Waals surface area contributed by atoms with Crippen molar-refractivity contribution in [3.8, 4) is 0 Å². The number of carbonyl (C=O) groups excluding carboxylic acids is 2. The fourth-order valence-corrected chi connectivity index (χ4v) is 1.70. The number of amides is 1. The third-order valence-electron chi connectivity index (χ3n) is 2.62. The van der Waals surface area contributed by atoms with E-state index in [9.17, 15) is 9.59 Å². The molecule has 0 atom stereocenters. The molecule has 0 heterocycles. The fraction of sp³-hybridized carbons (Fsp3) is 0.333. The van der Waals surface area contributed by atoms with E-state index in [4.69, 9.17) is 0 Å². The average molecular weight is 245 g/mol. The van der Waals surface area contributed by atoms with Crippen LogP contribution in [0.3, 0.4) is 0 Å². The number of unbranched alkanes of at least 4 members (excludes halogenated alkanes) is 1. The molecule has 0 saturated carbocycles. The van der Waals surface area contributed by atoms with Crippen LogP contribution in [0, 0.1) is 0 Å². The number of nitrogens with one attached hydrogen (secondary N) is 1. The highest BCUT2D eigenvalue weighted by molar-refractivity contribution is 5.98. The van der Waals surface area contributed by atoms with Crippen molar-refractivity contribution in [3.63, 3.8) is 0 Å². The van der Waals surface area contributed by atoms with E-state index < -0.39 is 0 Å². The van der Waals surface area contributed by atoms with E-state index in [0.717, 1.165) is 24.9 Å². The Morgan fingerprint density at radius 2 is 2.11 bits per heavy atom. The molecule has 0 saturated heterocycles. The lowest BCUT2D eigenvalue weighted by molar-refractivity contribution is -0.117. The molecule has 0 aliphatic rings. The Hall–Kier alpha value is -1.90. The van der Waals surface area contributed by atoms with Gasteiger partial charge in [0.2, 0.25) is 5.91 Å². The smallest absolute Gasteiger partial charge is 0.247 e. The van der Waals surface area contributed by atoms with Gasteiger partial charge in [-0.05, 0) is 50.0 Å². The minimum atomic E-state index is -0.205. The molecule has 0 spiro atoms. The zero-order valence-electron chi connectivity index (χ0n) is 10.7. The normalized spacial score (nSPS) is 9.83. The first-order valence-electron chi connectivity index (χ1n) is 6.13. The Morgan fingerprint density at radius 1 is 1.33 bits per heavy atom. The predicted octanol–water partition coefficient (Wildman–Crippen LogP) is 3.11. The summed E-state index contributed by atoms with van der Waals surface area (Å²) in [4.78, 5) is 22.0. The van der Waals surface area contributed by atoms with E-state index in [1.807, 2.05) is 24.3 Å². The summed E-state index contributed by atoms with van der Waals surface area (Å²) in [5.41, 5.74) is 1.95. The summed E-state index contributed by atoms with van der Waals surface area (Å²) >= 11 is 0. The molecule has 3 nitrogen and oxygen atoms in total. The lowest BCUT2D eigenvalue weighted by Gasteiger charge is -2.05. The summed E-state index contributed by atoms with van der Waals surface area (Å²) in [6, 6.07) is 7.74. The zero-order valence-corrected chi connectivity index (χ0v) is 10.7. The SMILES string of the molecule is C=CC(=O)Nc1cccc(CCCCC(C)=O)c1. The highest BCUT2D eigenvalue weighted by atomic mass is 16.1. The van der Waals surface area contributed by atoms with Gasteiger partial charge in [-0.3, -0.25) is 4.79 Å². The van der Waals surface area contributed by atoms with Gasteiger partial charge in [0, 0.05) is 12.1 Å². The summed E-state index contributed by atoms with van der Waals surface area (Å²) in [7, 11) is 0. The first-order valence-corrected chi connectivity index (χ1v) is 6.13. The van der Waals surface area contributed by atoms with Crippen LogP contribution in [0.15, 0.2) is 36.9 Å². The summed E-state index contributed by atoms with van der Waals surface area (Å²) in [5.74, 6) is 0.0331. The molecule has 0 bridgehead atoms. The molecular formula is C15H19NO2. The second-order valence-corrected chi connectivity index (χ2v) is 4.30. The summed E-state index contributed by atoms with van der Waals surface area (Å²) in [6.45, 7) is 5.03. The number of anilines is 1. The molecule has 0 aromatic heterocycles. The molecule has 0 aliphatic heterocycles. The molecule has 96 valence electrons. The van der Waals surface area contributed by atoms with Gasteiger partial charge >= 0.3 is 0 Å². The zero-order chi connectivity index (χ0) is 13.4. The molecule has 1 rings (SSSR count). The Kier molecular flexibility index (Phi) is 5.85. The molecule has 1 N–H and O–H groups in total. The van der Waals surface area contributed by atoms with Gasteiger partial charge in [0.1, 0.15) is 5.78 Å². The van der Waals surface area contributed by atoms with Gasteiger partial charge < -0.3 is 10.1 Å². The van der Waals surface area contributed by atoms with Crippen molar-refractivity contribution in [1.82, 2.24) is 0 Å². The molecule has 3 heteroatoms. The summed E-state index contributed by atoms with van der Waals surface area (Å²) < 4.78 is 0. The molecule has 1 aromatic carbocycles. The van der Waals surface area contributed by atoms with Gasteiger partial charge in [-0.1, -0.05) is 18.7 Å². The second kappa shape index (κ2) is 7.43. The molecule has 1 amide bonds. The van der Waals surface area contributed by atoms with Gasteiger partial charge in [-0.25, -0.2) is 0 Å². The van der Waals surface area contributed by atoms with Crippen molar-refractivity contribution in [3.05, 3.63) is 42.5 Å². The molecule has 0 aliphatic carbocycles. The third-order valence-corrected chi connectivity index (χ3v) is 2.62. The van der Waals surface area contributed by atoms with Gasteiger partial charge in [-0.15, -0.1) is 0 Å². The van der Waals surface area contributed by atoms with Crippen molar-refractivity contribution in [2.75, 3.05) is 5.32 Å². The molecule has 1 aromatic rings. The topological polar surface area (TPSA) is 46.2 Å². The number of benzene rings is 1. The number of aryl methyl sites for hydroxylation is 1. The third kappa shape index (κ3) is 5.43. The van der Waals surface area contributed by atoms with Crippen molar-refractivity contribution in [2.45, 2.75) is 32.6 Å². The standard InChI is InChI=1S/C15H19NO2/c1-3-15(18)16-14-10-6-9-13(11-14)8-5-4-7-12(2)17/h3,6,9-11H,1,4-5,7-8H2,2H3,(H,16,18). The maximum Gasteiger partial charge on any atom is 0.247 e. The molecule has 0 unspecified atom stereocenters. The van der Waals surface area contributed by atoms with Crippen LogP contribution in [0.1, 0.15) is 31.7 Å². The van der Waals surface area contributed by atoms with E-state index in [1.165, 1.54) is 11.6 Å². The quantitative estimate of drug-likeness (QED) is 0.592. The highest BCUT2D eigenvalue weighted by Gasteiger charge is 2.00. The Morgan fingerprint density at radius 3 is 2.78 bits per heavy atom. The molecule has 0 radical (unpaired) electrons. The van der Waals surface area contributed by atoms with Crippen LogP contribution in [-0.4, -0.2) is 11.7 Å². The van der Waals surface area contributed by atoms with Crippen molar-refractivity contribution in [1.29, 1.82) is 0 Å². The number of hydrogen-bond donors (Lipinski definition) is 1. The van der Waals surface area contributed by atoms with E-state index >= 15 is 0 Å². The average Bonchev–Trinajstić information content (AvgIpc) is 2.35. The Balaban J connectivity index is 2.46. The van der Waals surface area contributed by atoms with E-state index in [2.05, 4.69) is 11.9 Å². The van der Waals surface area contributed by atoms with Gasteiger partial charge in [0.25, 0.3) is 0 Å². The van der Waals surface area contributed by atoms with Crippen molar-refractivity contribution >= 4 is 17.4 Å². The fourth-order valence-electron chi connectivity index (χ4n) is 1.70. The molecule has 0 fully saturated rings. The maximum absolute atomic E-state index is 11.2. The number of hydrogen-bond acceptors (Lipinski definition) is 2. The van der Waals surface area contributed by atoms with Crippen LogP contribution in [0.2, 0.25) is 0 Å². The first kappa shape index (κ1) is 14.2. The van der Waals surface area contributed by atoms with Crippen LogP contribution in [0.4, 0.5) is 5.69 Å². The lowest BCUT2D eigenvalue weighted by Crippen LogP contribution is -2.07. The molecular weight excluding hydrogens is 226 g/mol. The van der Waals surface area contributed by atoms with Crippen LogP contribution >= 0.6 is 0 Å². The van der Waals surface area contributed by atoms with E-state index in [-0.39, 0.29) is 11.7 Å². The van der Waals surface area contributed by atoms with Crippen LogP contribution in [-0.2, 0) is 16.0 Å². The number of Topliss-reactive ketones (excluding diaryl/α,β-unsaturated/α-hetero) is 1. The maximum atomic E-state index is 11.2. The van der Waals surface area contributed by atoms with Gasteiger partial charge in [0.15, 0.2) is 0 Å². The minimum absolute atomic E-state index is 0.205. The van der Waals surface area contributed by atoms with Crippen LogP contribution in [0.25, 0.3) is 0 Å². The lowest BCUT2D eigenvalue weighted by atomic mass is 10.1. The van der Waals surface area contributed by atoms with Crippen molar-refractivity contribution in [2.24, 2.45) is 0 Å². The van der Waals surface area contributed by atoms with Gasteiger partial charge in [0.05, 0.1) is 0 Å². The predicted molar refractivity (Wildman–Crippen MR) is 73.5 cm³/mol. The highest BCUT2D eigenvalue weighted by Crippen LogP contribution is 2.13. The monoisotopic (exact) mass is 245 g/mol. The largest absolute Gasteiger partial charge is 0.323 e. The van der Waals surface area contributed by atoms with Gasteiger partial charge in [-0.2, -0.15) is 0 Å². The number of carbonyl (C=O) groups is 2. The van der Waals surface area contributed by atoms with E-state index in [1.54, 1.807) is 6.92 Å². The number of rotatable bonds is 7. The Labute approximate surface area is 108 Å². The van der Waals surface area contributed by atoms with Crippen LogP contribution in [0.5, 0.6) is 0 Å². The Bertz CT molecular complexity index is 438. The summed E-state index contributed by atoms with van der Waals surface area (Å²) in [5, 5.41) is 2.73. The summed E-state index contributed by atoms with van der Waals surface area (Å²) in [6.07, 6.45) is 4.72. The van der Waals surface area contributed by atoms with E-state index in [0.29, 0.717) is 6.42 Å². The molecule has 18 heavy (non-hydrogen) atoms. The van der Waals surface area contributed by atoms with Crippen molar-refractivity contribution < 1.29 is 9.59 Å². The van der Waals surface area contributed by atoms with Crippen LogP contribution < -0.4 is 5.32 Å². The minimum Gasteiger partial charge on any atom is -0.323 e. The number of ketones is 1.